The van der Waals surface area contributed by atoms with E-state index in [0.717, 1.165) is 5.56 Å². The molecule has 1 aromatic rings. The van der Waals surface area contributed by atoms with Gasteiger partial charge < -0.3 is 0 Å². The number of nitrogens with one attached hydrogen (secondary N) is 2. The number of thiocarbonyl (C=S) groups is 1. The zero-order valence-corrected chi connectivity index (χ0v) is 9.17. The van der Waals surface area contributed by atoms with Gasteiger partial charge in [0.25, 0.3) is 0 Å². The second-order valence-corrected chi connectivity index (χ2v) is 3.70. The van der Waals surface area contributed by atoms with Crippen LogP contribution < -0.4 is 16.7 Å². The van der Waals surface area contributed by atoms with Gasteiger partial charge in [-0.3, -0.25) is 15.6 Å². The van der Waals surface area contributed by atoms with E-state index in [2.05, 4.69) is 16.0 Å². The van der Waals surface area contributed by atoms with Crippen LogP contribution in [0.3, 0.4) is 0 Å². The number of hydrazine groups is 1. The van der Waals surface area contributed by atoms with Crippen molar-refractivity contribution in [2.75, 3.05) is 0 Å². The number of hydrogen-bond acceptors (Lipinski definition) is 4. The summed E-state index contributed by atoms with van der Waals surface area (Å²) in [7, 11) is 0. The predicted molar refractivity (Wildman–Crippen MR) is 65.0 cm³/mol. The van der Waals surface area contributed by atoms with Crippen LogP contribution in [0.2, 0.25) is 0 Å². The number of Topliss-reactive ketones (excluding diaryl/α,β-unsaturated/α-hetero) is 1. The van der Waals surface area contributed by atoms with Crippen LogP contribution in [0.15, 0.2) is 29.4 Å². The Bertz CT molecular complexity index is 483. The summed E-state index contributed by atoms with van der Waals surface area (Å²) in [5.74, 6) is 5.16. The Balaban J connectivity index is 2.27. The highest BCUT2D eigenvalue weighted by atomic mass is 32.1. The first kappa shape index (κ1) is 10.7. The van der Waals surface area contributed by atoms with Gasteiger partial charge in [-0.25, -0.2) is 5.84 Å². The van der Waals surface area contributed by atoms with E-state index in [1.165, 1.54) is 0 Å². The molecule has 0 aromatic heterocycles. The molecule has 5 nitrogen and oxygen atoms in total. The summed E-state index contributed by atoms with van der Waals surface area (Å²) in [5.41, 5.74) is 7.05. The maximum atomic E-state index is 11.6. The van der Waals surface area contributed by atoms with Gasteiger partial charge in [0.15, 0.2) is 5.78 Å². The van der Waals surface area contributed by atoms with Crippen molar-refractivity contribution in [2.24, 2.45) is 10.9 Å². The normalized spacial score (nSPS) is 16.1. The second-order valence-electron chi connectivity index (χ2n) is 3.29. The van der Waals surface area contributed by atoms with Crippen LogP contribution in [0.25, 0.3) is 0 Å². The SMILES string of the molecule is NNC(=S)N/N=C1\CC(=O)c2ccccc21. The van der Waals surface area contributed by atoms with Gasteiger partial charge in [-0.05, 0) is 12.2 Å². The van der Waals surface area contributed by atoms with E-state index >= 15 is 0 Å². The minimum absolute atomic E-state index is 0.0720. The molecule has 4 N–H and O–H groups in total. The number of nitrogens with two attached hydrogens (primary N) is 1. The molecule has 82 valence electrons. The van der Waals surface area contributed by atoms with E-state index in [1.54, 1.807) is 6.07 Å². The molecule has 16 heavy (non-hydrogen) atoms. The van der Waals surface area contributed by atoms with E-state index in [9.17, 15) is 4.79 Å². The molecule has 1 aliphatic carbocycles. The molecule has 0 aliphatic heterocycles. The molecule has 0 unspecified atom stereocenters. The highest BCUT2D eigenvalue weighted by Gasteiger charge is 2.24. The average Bonchev–Trinajstić information content (AvgIpc) is 2.64. The van der Waals surface area contributed by atoms with Crippen molar-refractivity contribution in [1.82, 2.24) is 10.9 Å². The van der Waals surface area contributed by atoms with Gasteiger partial charge >= 0.3 is 0 Å². The number of nitrogens with zero attached hydrogens (tertiary/aromatic N) is 1. The Labute approximate surface area is 97.7 Å². The number of hydrazone groups is 1. The fraction of sp³-hybridized carbons (Fsp3) is 0.100. The van der Waals surface area contributed by atoms with Gasteiger partial charge in [-0.2, -0.15) is 5.10 Å². The van der Waals surface area contributed by atoms with Crippen LogP contribution in [-0.4, -0.2) is 16.6 Å². The number of hydrogen-bond donors (Lipinski definition) is 3. The monoisotopic (exact) mass is 234 g/mol. The van der Waals surface area contributed by atoms with E-state index in [4.69, 9.17) is 18.1 Å². The molecule has 0 saturated carbocycles. The van der Waals surface area contributed by atoms with Gasteiger partial charge in [0.2, 0.25) is 5.11 Å². The first-order valence-corrected chi connectivity index (χ1v) is 5.09. The molecule has 0 heterocycles. The van der Waals surface area contributed by atoms with Gasteiger partial charge in [-0.1, -0.05) is 24.3 Å². The van der Waals surface area contributed by atoms with E-state index in [1.807, 2.05) is 18.2 Å². The van der Waals surface area contributed by atoms with Gasteiger partial charge in [0, 0.05) is 11.1 Å². The number of carbonyl (C=O) groups excluding carboxylic acids is 1. The first-order valence-electron chi connectivity index (χ1n) is 4.68. The number of fused-ring (bicyclic) bond motifs is 1. The van der Waals surface area contributed by atoms with Crippen LogP contribution in [0.5, 0.6) is 0 Å². The Hall–Kier alpha value is -1.79. The maximum Gasteiger partial charge on any atom is 0.201 e. The van der Waals surface area contributed by atoms with Gasteiger partial charge in [-0.15, -0.1) is 0 Å². The second kappa shape index (κ2) is 4.38. The van der Waals surface area contributed by atoms with Crippen molar-refractivity contribution < 1.29 is 4.79 Å². The molecule has 0 atom stereocenters. The molecule has 6 heteroatoms. The predicted octanol–water partition coefficient (Wildman–Crippen LogP) is 0.315. The van der Waals surface area contributed by atoms with Crippen molar-refractivity contribution >= 4 is 28.8 Å². The fourth-order valence-electron chi connectivity index (χ4n) is 1.57. The van der Waals surface area contributed by atoms with E-state index in [0.29, 0.717) is 17.7 Å². The van der Waals surface area contributed by atoms with Crippen molar-refractivity contribution in [3.63, 3.8) is 0 Å². The van der Waals surface area contributed by atoms with Gasteiger partial charge in [0.05, 0.1) is 12.1 Å². The minimum Gasteiger partial charge on any atom is -0.300 e. The number of ketones is 1. The number of carbonyl (C=O) groups is 1. The molecule has 0 fully saturated rings. The van der Waals surface area contributed by atoms with Crippen LogP contribution in [0.1, 0.15) is 22.3 Å². The number of rotatable bonds is 1. The Morgan fingerprint density at radius 1 is 1.38 bits per heavy atom. The lowest BCUT2D eigenvalue weighted by molar-refractivity contribution is 0.101. The summed E-state index contributed by atoms with van der Waals surface area (Å²) in [6, 6.07) is 7.35. The number of benzene rings is 1. The highest BCUT2D eigenvalue weighted by molar-refractivity contribution is 7.80. The van der Waals surface area contributed by atoms with E-state index < -0.39 is 0 Å². The van der Waals surface area contributed by atoms with Crippen molar-refractivity contribution in [3.8, 4) is 0 Å². The summed E-state index contributed by atoms with van der Waals surface area (Å²) in [5, 5.41) is 4.26. The summed E-state index contributed by atoms with van der Waals surface area (Å²) in [6.45, 7) is 0. The molecule has 0 bridgehead atoms. The molecule has 1 aliphatic rings. The summed E-state index contributed by atoms with van der Waals surface area (Å²) < 4.78 is 0. The van der Waals surface area contributed by atoms with Gasteiger partial charge in [0.1, 0.15) is 0 Å². The smallest absolute Gasteiger partial charge is 0.201 e. The zero-order chi connectivity index (χ0) is 11.5. The third-order valence-corrected chi connectivity index (χ3v) is 2.50. The topological polar surface area (TPSA) is 79.5 Å². The molecular weight excluding hydrogens is 224 g/mol. The molecule has 0 amide bonds. The van der Waals surface area contributed by atoms with E-state index in [-0.39, 0.29) is 10.9 Å². The fourth-order valence-corrected chi connectivity index (χ4v) is 1.62. The molecular formula is C10H10N4OS. The van der Waals surface area contributed by atoms with Crippen molar-refractivity contribution in [2.45, 2.75) is 6.42 Å². The Kier molecular flexibility index (Phi) is 2.93. The molecule has 0 saturated heterocycles. The lowest BCUT2D eigenvalue weighted by Crippen LogP contribution is -2.37. The summed E-state index contributed by atoms with van der Waals surface area (Å²) in [6.07, 6.45) is 0.291. The minimum atomic E-state index is 0.0720. The standard InChI is InChI=1S/C10H10N4OS/c11-12-10(16)14-13-8-5-9(15)7-4-2-1-3-6(7)8/h1-4H,5,11H2,(H2,12,14,16)/b13-8+. The largest absolute Gasteiger partial charge is 0.300 e. The van der Waals surface area contributed by atoms with Crippen LogP contribution in [-0.2, 0) is 0 Å². The lowest BCUT2D eigenvalue weighted by atomic mass is 10.1. The summed E-state index contributed by atoms with van der Waals surface area (Å²) in [4.78, 5) is 11.6. The van der Waals surface area contributed by atoms with Crippen LogP contribution in [0, 0.1) is 0 Å². The first-order chi connectivity index (χ1) is 7.72. The average molecular weight is 234 g/mol. The van der Waals surface area contributed by atoms with Crippen LogP contribution in [0.4, 0.5) is 0 Å². The molecule has 1 aromatic carbocycles. The highest BCUT2D eigenvalue weighted by Crippen LogP contribution is 2.21. The molecule has 2 rings (SSSR count). The molecule has 0 radical (unpaired) electrons. The van der Waals surface area contributed by atoms with Crippen molar-refractivity contribution in [1.29, 1.82) is 0 Å². The molecule has 0 spiro atoms. The quantitative estimate of drug-likeness (QED) is 0.370. The Morgan fingerprint density at radius 3 is 2.75 bits per heavy atom. The Morgan fingerprint density at radius 2 is 2.06 bits per heavy atom. The van der Waals surface area contributed by atoms with Crippen molar-refractivity contribution in [3.05, 3.63) is 35.4 Å². The third-order valence-electron chi connectivity index (χ3n) is 2.29. The third kappa shape index (κ3) is 1.93. The summed E-state index contributed by atoms with van der Waals surface area (Å²) >= 11 is 4.78. The zero-order valence-electron chi connectivity index (χ0n) is 8.36. The lowest BCUT2D eigenvalue weighted by Gasteiger charge is -2.02. The maximum absolute atomic E-state index is 11.6. The van der Waals surface area contributed by atoms with Crippen LogP contribution >= 0.6 is 12.2 Å².